The van der Waals surface area contributed by atoms with E-state index in [-0.39, 0.29) is 17.1 Å². The lowest BCUT2D eigenvalue weighted by Gasteiger charge is -2.07. The molecule has 2 aromatic rings. The highest BCUT2D eigenvalue weighted by atomic mass is 32.2. The predicted molar refractivity (Wildman–Crippen MR) is 65.4 cm³/mol. The predicted octanol–water partition coefficient (Wildman–Crippen LogP) is 0.683. The topological polar surface area (TPSA) is 101 Å². The first-order chi connectivity index (χ1) is 8.50. The molecular formula is C10H10FN5OS. The number of aromatic amines is 1. The van der Waals surface area contributed by atoms with Crippen molar-refractivity contribution in [2.45, 2.75) is 10.1 Å². The lowest BCUT2D eigenvalue weighted by molar-refractivity contribution is 0.620. The smallest absolute Gasteiger partial charge is 0.343 e. The van der Waals surface area contributed by atoms with Crippen molar-refractivity contribution in [3.05, 3.63) is 40.1 Å². The summed E-state index contributed by atoms with van der Waals surface area (Å²) in [6.45, 7) is 0. The molecule has 0 atom stereocenters. The van der Waals surface area contributed by atoms with Crippen molar-refractivity contribution in [2.24, 2.45) is 12.8 Å². The molecule has 0 saturated heterocycles. The first-order valence-electron chi connectivity index (χ1n) is 4.93. The SMILES string of the molecule is Cn1c(Sc2cccc(F)c2C(=N)N)n[nH]c1=O. The Morgan fingerprint density at radius 1 is 1.61 bits per heavy atom. The van der Waals surface area contributed by atoms with Crippen LogP contribution in [0.2, 0.25) is 0 Å². The zero-order valence-corrected chi connectivity index (χ0v) is 10.2. The van der Waals surface area contributed by atoms with Crippen LogP contribution >= 0.6 is 11.8 Å². The maximum Gasteiger partial charge on any atom is 0.343 e. The molecular weight excluding hydrogens is 257 g/mol. The summed E-state index contributed by atoms with van der Waals surface area (Å²) in [6, 6.07) is 4.35. The Morgan fingerprint density at radius 3 is 2.89 bits per heavy atom. The van der Waals surface area contributed by atoms with Crippen LogP contribution in [-0.4, -0.2) is 20.6 Å². The lowest BCUT2D eigenvalue weighted by Crippen LogP contribution is -2.15. The van der Waals surface area contributed by atoms with Crippen LogP contribution in [-0.2, 0) is 7.05 Å². The maximum atomic E-state index is 13.6. The van der Waals surface area contributed by atoms with Crippen LogP contribution in [0.15, 0.2) is 33.0 Å². The standard InChI is InChI=1S/C10H10FN5OS/c1-16-9(17)14-15-10(16)18-6-4-2-3-5(11)7(6)8(12)13/h2-4H,1H3,(H3,12,13)(H,14,17). The van der Waals surface area contributed by atoms with Crippen molar-refractivity contribution >= 4 is 17.6 Å². The molecule has 4 N–H and O–H groups in total. The normalized spacial score (nSPS) is 10.6. The van der Waals surface area contributed by atoms with Crippen LogP contribution in [0.1, 0.15) is 5.56 Å². The molecule has 0 radical (unpaired) electrons. The van der Waals surface area contributed by atoms with Gasteiger partial charge in [0.15, 0.2) is 5.16 Å². The summed E-state index contributed by atoms with van der Waals surface area (Å²) in [5.74, 6) is -0.941. The maximum absolute atomic E-state index is 13.6. The molecule has 0 aliphatic heterocycles. The van der Waals surface area contributed by atoms with Gasteiger partial charge in [0.1, 0.15) is 11.7 Å². The molecule has 18 heavy (non-hydrogen) atoms. The highest BCUT2D eigenvalue weighted by Gasteiger charge is 2.15. The van der Waals surface area contributed by atoms with Crippen LogP contribution in [0.4, 0.5) is 4.39 Å². The second-order valence-electron chi connectivity index (χ2n) is 3.50. The molecule has 0 unspecified atom stereocenters. The van der Waals surface area contributed by atoms with E-state index >= 15 is 0 Å². The molecule has 1 aromatic heterocycles. The van der Waals surface area contributed by atoms with Crippen molar-refractivity contribution < 1.29 is 4.39 Å². The molecule has 6 nitrogen and oxygen atoms in total. The van der Waals surface area contributed by atoms with Crippen molar-refractivity contribution in [3.63, 3.8) is 0 Å². The van der Waals surface area contributed by atoms with E-state index in [1.807, 2.05) is 0 Å². The first kappa shape index (κ1) is 12.4. The van der Waals surface area contributed by atoms with E-state index in [1.165, 1.54) is 16.7 Å². The van der Waals surface area contributed by atoms with Gasteiger partial charge < -0.3 is 5.73 Å². The molecule has 1 heterocycles. The third-order valence-electron chi connectivity index (χ3n) is 2.28. The number of halogens is 1. The number of nitrogens with two attached hydrogens (primary N) is 1. The third kappa shape index (κ3) is 2.14. The summed E-state index contributed by atoms with van der Waals surface area (Å²) in [5.41, 5.74) is 4.99. The van der Waals surface area contributed by atoms with Gasteiger partial charge in [0.25, 0.3) is 0 Å². The number of H-pyrrole nitrogens is 1. The molecule has 0 fully saturated rings. The van der Waals surface area contributed by atoms with E-state index in [9.17, 15) is 9.18 Å². The fourth-order valence-corrected chi connectivity index (χ4v) is 2.34. The summed E-state index contributed by atoms with van der Waals surface area (Å²) in [6.07, 6.45) is 0. The summed E-state index contributed by atoms with van der Waals surface area (Å²) in [7, 11) is 1.54. The Hall–Kier alpha value is -2.09. The number of hydrogen-bond donors (Lipinski definition) is 3. The summed E-state index contributed by atoms with van der Waals surface area (Å²) in [4.78, 5) is 11.6. The number of benzene rings is 1. The molecule has 2 rings (SSSR count). The van der Waals surface area contributed by atoms with Gasteiger partial charge in [-0.05, 0) is 23.9 Å². The van der Waals surface area contributed by atoms with Gasteiger partial charge in [0, 0.05) is 11.9 Å². The second-order valence-corrected chi connectivity index (χ2v) is 4.51. The zero-order valence-electron chi connectivity index (χ0n) is 9.40. The average Bonchev–Trinajstić information content (AvgIpc) is 2.60. The van der Waals surface area contributed by atoms with E-state index in [0.717, 1.165) is 11.8 Å². The minimum atomic E-state index is -0.576. The number of amidine groups is 1. The van der Waals surface area contributed by atoms with E-state index in [4.69, 9.17) is 11.1 Å². The zero-order chi connectivity index (χ0) is 13.3. The monoisotopic (exact) mass is 267 g/mol. The van der Waals surface area contributed by atoms with Crippen molar-refractivity contribution in [2.75, 3.05) is 0 Å². The largest absolute Gasteiger partial charge is 0.384 e. The Balaban J connectivity index is 2.47. The van der Waals surface area contributed by atoms with Crippen molar-refractivity contribution in [1.29, 1.82) is 5.41 Å². The molecule has 0 bridgehead atoms. The van der Waals surface area contributed by atoms with E-state index in [1.54, 1.807) is 13.1 Å². The van der Waals surface area contributed by atoms with Gasteiger partial charge in [-0.2, -0.15) is 0 Å². The number of nitrogen functional groups attached to an aromatic ring is 1. The number of aromatic nitrogens is 3. The lowest BCUT2D eigenvalue weighted by atomic mass is 10.2. The molecule has 0 spiro atoms. The highest BCUT2D eigenvalue weighted by Crippen LogP contribution is 2.29. The Morgan fingerprint density at radius 2 is 2.33 bits per heavy atom. The number of nitrogens with one attached hydrogen (secondary N) is 2. The summed E-state index contributed by atoms with van der Waals surface area (Å²) >= 11 is 1.06. The van der Waals surface area contributed by atoms with Gasteiger partial charge in [-0.25, -0.2) is 14.3 Å². The van der Waals surface area contributed by atoms with Crippen LogP contribution in [0.5, 0.6) is 0 Å². The average molecular weight is 267 g/mol. The molecule has 0 aliphatic rings. The third-order valence-corrected chi connectivity index (χ3v) is 3.39. The van der Waals surface area contributed by atoms with Crippen LogP contribution in [0.25, 0.3) is 0 Å². The molecule has 0 amide bonds. The molecule has 94 valence electrons. The number of nitrogens with zero attached hydrogens (tertiary/aromatic N) is 2. The molecule has 0 saturated carbocycles. The van der Waals surface area contributed by atoms with Gasteiger partial charge in [0.05, 0.1) is 5.56 Å². The van der Waals surface area contributed by atoms with Gasteiger partial charge in [-0.3, -0.25) is 9.98 Å². The molecule has 1 aromatic carbocycles. The van der Waals surface area contributed by atoms with E-state index in [2.05, 4.69) is 10.2 Å². The number of hydrogen-bond acceptors (Lipinski definition) is 4. The first-order valence-corrected chi connectivity index (χ1v) is 5.74. The minimum absolute atomic E-state index is 0.0120. The highest BCUT2D eigenvalue weighted by molar-refractivity contribution is 7.99. The van der Waals surface area contributed by atoms with Gasteiger partial charge >= 0.3 is 5.69 Å². The minimum Gasteiger partial charge on any atom is -0.384 e. The van der Waals surface area contributed by atoms with Crippen LogP contribution < -0.4 is 11.4 Å². The van der Waals surface area contributed by atoms with Crippen LogP contribution in [0.3, 0.4) is 0 Å². The van der Waals surface area contributed by atoms with E-state index < -0.39 is 5.82 Å². The molecule has 8 heteroatoms. The Labute approximate surface area is 106 Å². The summed E-state index contributed by atoms with van der Waals surface area (Å²) in [5, 5.41) is 13.8. The van der Waals surface area contributed by atoms with Gasteiger partial charge in [-0.1, -0.05) is 6.07 Å². The van der Waals surface area contributed by atoms with E-state index in [0.29, 0.717) is 10.1 Å². The quantitative estimate of drug-likeness (QED) is 0.562. The summed E-state index contributed by atoms with van der Waals surface area (Å²) < 4.78 is 14.9. The fraction of sp³-hybridized carbons (Fsp3) is 0.100. The second kappa shape index (κ2) is 4.65. The van der Waals surface area contributed by atoms with Crippen molar-refractivity contribution in [3.8, 4) is 0 Å². The van der Waals surface area contributed by atoms with Crippen LogP contribution in [0, 0.1) is 11.2 Å². The Bertz CT molecular complexity index is 663. The molecule has 0 aliphatic carbocycles. The number of rotatable bonds is 3. The Kier molecular flexibility index (Phi) is 3.19. The van der Waals surface area contributed by atoms with Gasteiger partial charge in [0.2, 0.25) is 0 Å². The van der Waals surface area contributed by atoms with Gasteiger partial charge in [-0.15, -0.1) is 5.10 Å². The van der Waals surface area contributed by atoms with Crippen molar-refractivity contribution in [1.82, 2.24) is 14.8 Å². The fourth-order valence-electron chi connectivity index (χ4n) is 1.37.